The maximum Gasteiger partial charge on any atom is 0.251 e. The number of carbonyl (C=O) groups excluding carboxylic acids is 1. The third-order valence-corrected chi connectivity index (χ3v) is 4.35. The number of aromatic nitrogens is 4. The average molecular weight is 357 g/mol. The number of amides is 1. The lowest BCUT2D eigenvalue weighted by molar-refractivity contribution is 0.0931. The number of nitrogens with zero attached hydrogens (tertiary/aromatic N) is 4. The molecular formula is C21H19N5O. The maximum absolute atomic E-state index is 12.8. The molecule has 4 rings (SSSR count). The van der Waals surface area contributed by atoms with E-state index in [1.54, 1.807) is 17.2 Å². The zero-order valence-electron chi connectivity index (χ0n) is 14.6. The summed E-state index contributed by atoms with van der Waals surface area (Å²) in [6, 6.07) is 21.1. The first-order valence-corrected chi connectivity index (χ1v) is 8.73. The molecule has 2 heterocycles. The quantitative estimate of drug-likeness (QED) is 0.576. The van der Waals surface area contributed by atoms with E-state index in [-0.39, 0.29) is 11.9 Å². The number of benzene rings is 2. The highest BCUT2D eigenvalue weighted by Crippen LogP contribution is 2.16. The van der Waals surface area contributed by atoms with Crippen LogP contribution in [0.15, 0.2) is 91.5 Å². The molecule has 2 aromatic heterocycles. The van der Waals surface area contributed by atoms with Gasteiger partial charge < -0.3 is 9.88 Å². The van der Waals surface area contributed by atoms with Gasteiger partial charge in [0.15, 0.2) is 0 Å². The second-order valence-electron chi connectivity index (χ2n) is 6.16. The van der Waals surface area contributed by atoms with Gasteiger partial charge in [-0.05, 0) is 42.0 Å². The molecule has 6 heteroatoms. The lowest BCUT2D eigenvalue weighted by Crippen LogP contribution is -2.32. The van der Waals surface area contributed by atoms with Crippen LogP contribution in [0, 0.1) is 0 Å². The Balaban J connectivity index is 1.52. The molecule has 27 heavy (non-hydrogen) atoms. The number of nitrogens with one attached hydrogen (secondary N) is 1. The van der Waals surface area contributed by atoms with Crippen LogP contribution in [0.3, 0.4) is 0 Å². The summed E-state index contributed by atoms with van der Waals surface area (Å²) < 4.78 is 2.00. The summed E-state index contributed by atoms with van der Waals surface area (Å²) >= 11 is 0. The van der Waals surface area contributed by atoms with Crippen LogP contribution in [0.25, 0.3) is 5.69 Å². The summed E-state index contributed by atoms with van der Waals surface area (Å²) in [5.74, 6) is -0.130. The molecule has 0 aliphatic heterocycles. The molecule has 1 unspecified atom stereocenters. The summed E-state index contributed by atoms with van der Waals surface area (Å²) in [6.07, 6.45) is 7.20. The third kappa shape index (κ3) is 3.95. The summed E-state index contributed by atoms with van der Waals surface area (Å²) in [5.41, 5.74) is 2.63. The maximum atomic E-state index is 12.8. The standard InChI is InChI=1S/C21H19N5O/c27-21(18-8-10-19(11-9-18)25-14-4-5-15-25)24-20(16-26-22-12-13-23-26)17-6-2-1-3-7-17/h1-15,20H,16H2,(H,24,27). The van der Waals surface area contributed by atoms with Crippen molar-refractivity contribution in [3.8, 4) is 5.69 Å². The first kappa shape index (κ1) is 16.8. The fraction of sp³-hybridized carbons (Fsp3) is 0.0952. The van der Waals surface area contributed by atoms with Gasteiger partial charge in [-0.25, -0.2) is 0 Å². The van der Waals surface area contributed by atoms with Crippen molar-refractivity contribution in [1.29, 1.82) is 0 Å². The fourth-order valence-corrected chi connectivity index (χ4v) is 2.95. The summed E-state index contributed by atoms with van der Waals surface area (Å²) in [6.45, 7) is 0.463. The molecule has 6 nitrogen and oxygen atoms in total. The molecule has 0 fully saturated rings. The van der Waals surface area contributed by atoms with Crippen molar-refractivity contribution in [1.82, 2.24) is 24.9 Å². The van der Waals surface area contributed by atoms with Crippen LogP contribution in [0.1, 0.15) is 22.0 Å². The summed E-state index contributed by atoms with van der Waals surface area (Å²) in [4.78, 5) is 14.4. The van der Waals surface area contributed by atoms with Gasteiger partial charge in [0.1, 0.15) is 0 Å². The molecule has 0 saturated carbocycles. The Morgan fingerprint density at radius 3 is 2.22 bits per heavy atom. The van der Waals surface area contributed by atoms with Crippen LogP contribution in [0.4, 0.5) is 0 Å². The number of hydrogen-bond acceptors (Lipinski definition) is 3. The highest BCUT2D eigenvalue weighted by Gasteiger charge is 2.17. The Hall–Kier alpha value is -3.67. The third-order valence-electron chi connectivity index (χ3n) is 4.35. The smallest absolute Gasteiger partial charge is 0.251 e. The van der Waals surface area contributed by atoms with Crippen molar-refractivity contribution in [2.45, 2.75) is 12.6 Å². The lowest BCUT2D eigenvalue weighted by Gasteiger charge is -2.19. The van der Waals surface area contributed by atoms with E-state index in [0.717, 1.165) is 11.3 Å². The van der Waals surface area contributed by atoms with Gasteiger partial charge in [-0.2, -0.15) is 15.0 Å². The normalized spacial score (nSPS) is 11.9. The molecule has 2 aromatic carbocycles. The van der Waals surface area contributed by atoms with E-state index >= 15 is 0 Å². The van der Waals surface area contributed by atoms with E-state index < -0.39 is 0 Å². The zero-order valence-corrected chi connectivity index (χ0v) is 14.6. The van der Waals surface area contributed by atoms with E-state index in [1.165, 1.54) is 0 Å². The van der Waals surface area contributed by atoms with Gasteiger partial charge in [0.05, 0.1) is 25.0 Å². The Morgan fingerprint density at radius 1 is 0.889 bits per heavy atom. The van der Waals surface area contributed by atoms with Crippen LogP contribution in [0.5, 0.6) is 0 Å². The fourth-order valence-electron chi connectivity index (χ4n) is 2.95. The topological polar surface area (TPSA) is 64.7 Å². The molecule has 0 saturated heterocycles. The zero-order chi connectivity index (χ0) is 18.5. The van der Waals surface area contributed by atoms with E-state index in [1.807, 2.05) is 83.7 Å². The molecule has 1 atom stereocenters. The Labute approximate surface area is 157 Å². The van der Waals surface area contributed by atoms with E-state index in [9.17, 15) is 4.79 Å². The van der Waals surface area contributed by atoms with E-state index in [4.69, 9.17) is 0 Å². The first-order valence-electron chi connectivity index (χ1n) is 8.73. The van der Waals surface area contributed by atoms with Crippen LogP contribution in [-0.4, -0.2) is 25.5 Å². The Kier molecular flexibility index (Phi) is 4.78. The lowest BCUT2D eigenvalue weighted by atomic mass is 10.1. The Morgan fingerprint density at radius 2 is 1.56 bits per heavy atom. The molecule has 0 bridgehead atoms. The summed E-state index contributed by atoms with van der Waals surface area (Å²) in [7, 11) is 0. The van der Waals surface area contributed by atoms with Crippen molar-refractivity contribution in [2.75, 3.05) is 0 Å². The van der Waals surface area contributed by atoms with Crippen LogP contribution < -0.4 is 5.32 Å². The van der Waals surface area contributed by atoms with Gasteiger partial charge in [0.25, 0.3) is 5.91 Å². The molecule has 1 amide bonds. The monoisotopic (exact) mass is 357 g/mol. The second kappa shape index (κ2) is 7.70. The molecule has 0 aliphatic rings. The molecule has 0 radical (unpaired) electrons. The number of hydrogen-bond donors (Lipinski definition) is 1. The number of carbonyl (C=O) groups is 1. The molecule has 134 valence electrons. The molecule has 1 N–H and O–H groups in total. The van der Waals surface area contributed by atoms with Crippen molar-refractivity contribution in [3.05, 3.63) is 103 Å². The molecular weight excluding hydrogens is 338 g/mol. The predicted octanol–water partition coefficient (Wildman–Crippen LogP) is 3.24. The van der Waals surface area contributed by atoms with Gasteiger partial charge >= 0.3 is 0 Å². The van der Waals surface area contributed by atoms with Crippen molar-refractivity contribution in [2.24, 2.45) is 0 Å². The average Bonchev–Trinajstić information content (AvgIpc) is 3.42. The van der Waals surface area contributed by atoms with Gasteiger partial charge in [0.2, 0.25) is 0 Å². The second-order valence-corrected chi connectivity index (χ2v) is 6.16. The van der Waals surface area contributed by atoms with Crippen LogP contribution in [0.2, 0.25) is 0 Å². The number of rotatable bonds is 6. The predicted molar refractivity (Wildman–Crippen MR) is 102 cm³/mol. The SMILES string of the molecule is O=C(NC(Cn1nccn1)c1ccccc1)c1ccc(-n2cccc2)cc1. The molecule has 0 aliphatic carbocycles. The van der Waals surface area contributed by atoms with Crippen LogP contribution >= 0.6 is 0 Å². The van der Waals surface area contributed by atoms with Crippen LogP contribution in [-0.2, 0) is 6.54 Å². The highest BCUT2D eigenvalue weighted by molar-refractivity contribution is 5.94. The Bertz CT molecular complexity index is 977. The largest absolute Gasteiger partial charge is 0.343 e. The minimum Gasteiger partial charge on any atom is -0.343 e. The van der Waals surface area contributed by atoms with Gasteiger partial charge in [-0.15, -0.1) is 0 Å². The molecule has 4 aromatic rings. The van der Waals surface area contributed by atoms with E-state index in [0.29, 0.717) is 12.1 Å². The van der Waals surface area contributed by atoms with E-state index in [2.05, 4.69) is 15.5 Å². The highest BCUT2D eigenvalue weighted by atomic mass is 16.1. The summed E-state index contributed by atoms with van der Waals surface area (Å²) in [5, 5.41) is 11.4. The minimum atomic E-state index is -0.227. The molecule has 0 spiro atoms. The van der Waals surface area contributed by atoms with Gasteiger partial charge in [-0.1, -0.05) is 30.3 Å². The van der Waals surface area contributed by atoms with Crippen molar-refractivity contribution in [3.63, 3.8) is 0 Å². The van der Waals surface area contributed by atoms with Gasteiger partial charge in [-0.3, -0.25) is 4.79 Å². The van der Waals surface area contributed by atoms with Crippen molar-refractivity contribution < 1.29 is 4.79 Å². The minimum absolute atomic E-state index is 0.130. The van der Waals surface area contributed by atoms with Crippen molar-refractivity contribution >= 4 is 5.91 Å². The van der Waals surface area contributed by atoms with Gasteiger partial charge in [0, 0.05) is 23.6 Å². The first-order chi connectivity index (χ1) is 13.3.